The van der Waals surface area contributed by atoms with E-state index in [4.69, 9.17) is 4.74 Å². The molecule has 88 valence electrons. The van der Waals surface area contributed by atoms with E-state index in [1.54, 1.807) is 0 Å². The molecule has 2 unspecified atom stereocenters. The van der Waals surface area contributed by atoms with Crippen LogP contribution in [0.3, 0.4) is 0 Å². The van der Waals surface area contributed by atoms with Gasteiger partial charge in [0.15, 0.2) is 5.78 Å². The molecule has 0 spiro atoms. The van der Waals surface area contributed by atoms with Crippen molar-refractivity contribution in [3.63, 3.8) is 0 Å². The molecule has 1 rings (SSSR count). The molecule has 0 N–H and O–H groups in total. The van der Waals surface area contributed by atoms with Gasteiger partial charge < -0.3 is 4.74 Å². The summed E-state index contributed by atoms with van der Waals surface area (Å²) >= 11 is 0. The monoisotopic (exact) mass is 212 g/mol. The third kappa shape index (κ3) is 4.33. The number of carbonyl (C=O) groups excluding carboxylic acids is 1. The van der Waals surface area contributed by atoms with E-state index in [1.165, 1.54) is 6.42 Å². The van der Waals surface area contributed by atoms with Crippen molar-refractivity contribution < 1.29 is 9.53 Å². The minimum atomic E-state index is 0.264. The van der Waals surface area contributed by atoms with Crippen LogP contribution in [-0.4, -0.2) is 19.0 Å². The van der Waals surface area contributed by atoms with Crippen LogP contribution in [0.5, 0.6) is 0 Å². The van der Waals surface area contributed by atoms with Gasteiger partial charge in [0, 0.05) is 12.5 Å². The molecule has 1 fully saturated rings. The predicted molar refractivity (Wildman–Crippen MR) is 61.8 cm³/mol. The molecule has 1 saturated carbocycles. The van der Waals surface area contributed by atoms with Gasteiger partial charge in [-0.15, -0.1) is 0 Å². The number of Topliss-reactive ketones (excluding diaryl/α,β-unsaturated/α-hetero) is 1. The van der Waals surface area contributed by atoms with Crippen LogP contribution in [-0.2, 0) is 9.53 Å². The molecule has 1 aliphatic rings. The molecule has 0 aromatic carbocycles. The molecule has 0 aliphatic heterocycles. The summed E-state index contributed by atoms with van der Waals surface area (Å²) in [5, 5.41) is 0. The zero-order chi connectivity index (χ0) is 11.3. The van der Waals surface area contributed by atoms with Gasteiger partial charge in [0.2, 0.25) is 0 Å². The highest BCUT2D eigenvalue weighted by Gasteiger charge is 2.28. The van der Waals surface area contributed by atoms with E-state index >= 15 is 0 Å². The Labute approximate surface area is 93.4 Å². The molecular weight excluding hydrogens is 188 g/mol. The van der Waals surface area contributed by atoms with Crippen molar-refractivity contribution in [3.8, 4) is 0 Å². The number of hydrogen-bond acceptors (Lipinski definition) is 2. The van der Waals surface area contributed by atoms with Crippen molar-refractivity contribution in [2.75, 3.05) is 13.2 Å². The Balaban J connectivity index is 2.31. The fourth-order valence-corrected chi connectivity index (χ4v) is 2.64. The summed E-state index contributed by atoms with van der Waals surface area (Å²) in [5.74, 6) is 1.99. The van der Waals surface area contributed by atoms with Crippen LogP contribution in [0, 0.1) is 17.8 Å². The summed E-state index contributed by atoms with van der Waals surface area (Å²) in [6, 6.07) is 0. The zero-order valence-electron chi connectivity index (χ0n) is 10.3. The van der Waals surface area contributed by atoms with Crippen molar-refractivity contribution in [2.24, 2.45) is 17.8 Å². The lowest BCUT2D eigenvalue weighted by Crippen LogP contribution is -2.28. The van der Waals surface area contributed by atoms with E-state index in [0.29, 0.717) is 30.8 Å². The van der Waals surface area contributed by atoms with Gasteiger partial charge in [0.1, 0.15) is 6.61 Å². The molecule has 0 amide bonds. The van der Waals surface area contributed by atoms with Gasteiger partial charge in [-0.3, -0.25) is 4.79 Å². The minimum absolute atomic E-state index is 0.264. The molecule has 1 aliphatic carbocycles. The molecule has 15 heavy (non-hydrogen) atoms. The number of ketones is 1. The molecule has 0 radical (unpaired) electrons. The SMILES string of the molecule is CCCOCC(=O)C1CC(C)CC(C)C1. The third-order valence-electron chi connectivity index (χ3n) is 3.23. The quantitative estimate of drug-likeness (QED) is 0.655. The fourth-order valence-electron chi connectivity index (χ4n) is 2.64. The lowest BCUT2D eigenvalue weighted by molar-refractivity contribution is -0.129. The average molecular weight is 212 g/mol. The van der Waals surface area contributed by atoms with Gasteiger partial charge in [0.25, 0.3) is 0 Å². The van der Waals surface area contributed by atoms with Gasteiger partial charge in [-0.1, -0.05) is 20.8 Å². The first-order chi connectivity index (χ1) is 7.13. The van der Waals surface area contributed by atoms with E-state index in [1.807, 2.05) is 0 Å². The van der Waals surface area contributed by atoms with E-state index in [0.717, 1.165) is 19.3 Å². The highest BCUT2D eigenvalue weighted by atomic mass is 16.5. The van der Waals surface area contributed by atoms with E-state index < -0.39 is 0 Å². The normalized spacial score (nSPS) is 31.5. The van der Waals surface area contributed by atoms with Gasteiger partial charge in [0.05, 0.1) is 0 Å². The summed E-state index contributed by atoms with van der Waals surface area (Å²) in [6.45, 7) is 7.61. The van der Waals surface area contributed by atoms with Gasteiger partial charge >= 0.3 is 0 Å². The maximum atomic E-state index is 11.8. The summed E-state index contributed by atoms with van der Waals surface area (Å²) < 4.78 is 5.32. The summed E-state index contributed by atoms with van der Waals surface area (Å²) in [4.78, 5) is 11.8. The molecule has 0 aromatic rings. The zero-order valence-corrected chi connectivity index (χ0v) is 10.3. The minimum Gasteiger partial charge on any atom is -0.374 e. The summed E-state index contributed by atoms with van der Waals surface area (Å²) in [7, 11) is 0. The first kappa shape index (κ1) is 12.7. The molecular formula is C13H24O2. The first-order valence-electron chi connectivity index (χ1n) is 6.24. The van der Waals surface area contributed by atoms with Gasteiger partial charge in [-0.05, 0) is 37.5 Å². The average Bonchev–Trinajstić information content (AvgIpc) is 2.16. The lowest BCUT2D eigenvalue weighted by atomic mass is 9.75. The summed E-state index contributed by atoms with van der Waals surface area (Å²) in [5.41, 5.74) is 0. The van der Waals surface area contributed by atoms with Crippen LogP contribution in [0.25, 0.3) is 0 Å². The van der Waals surface area contributed by atoms with E-state index in [-0.39, 0.29) is 5.92 Å². The van der Waals surface area contributed by atoms with Crippen LogP contribution in [0.4, 0.5) is 0 Å². The highest BCUT2D eigenvalue weighted by Crippen LogP contribution is 2.33. The van der Waals surface area contributed by atoms with Gasteiger partial charge in [-0.25, -0.2) is 0 Å². The van der Waals surface area contributed by atoms with Crippen LogP contribution < -0.4 is 0 Å². The molecule has 0 saturated heterocycles. The third-order valence-corrected chi connectivity index (χ3v) is 3.23. The van der Waals surface area contributed by atoms with Crippen molar-refractivity contribution in [1.82, 2.24) is 0 Å². The Morgan fingerprint density at radius 2 is 1.80 bits per heavy atom. The number of ether oxygens (including phenoxy) is 1. The Morgan fingerprint density at radius 3 is 2.33 bits per heavy atom. The molecule has 0 bridgehead atoms. The fraction of sp³-hybridized carbons (Fsp3) is 0.923. The van der Waals surface area contributed by atoms with Crippen LogP contribution in [0.1, 0.15) is 46.5 Å². The smallest absolute Gasteiger partial charge is 0.161 e. The van der Waals surface area contributed by atoms with Crippen molar-refractivity contribution >= 4 is 5.78 Å². The molecule has 0 aromatic heterocycles. The number of carbonyl (C=O) groups is 1. The second-order valence-corrected chi connectivity index (χ2v) is 5.13. The van der Waals surface area contributed by atoms with Crippen molar-refractivity contribution in [2.45, 2.75) is 46.5 Å². The Kier molecular flexibility index (Phi) is 5.30. The lowest BCUT2D eigenvalue weighted by Gasteiger charge is -2.30. The predicted octanol–water partition coefficient (Wildman–Crippen LogP) is 3.05. The van der Waals surface area contributed by atoms with Crippen LogP contribution in [0.2, 0.25) is 0 Å². The number of hydrogen-bond donors (Lipinski definition) is 0. The van der Waals surface area contributed by atoms with Crippen LogP contribution >= 0.6 is 0 Å². The second kappa shape index (κ2) is 6.26. The Morgan fingerprint density at radius 1 is 1.20 bits per heavy atom. The maximum absolute atomic E-state index is 11.8. The standard InChI is InChI=1S/C13H24O2/c1-4-5-15-9-13(14)12-7-10(2)6-11(3)8-12/h10-12H,4-9H2,1-3H3. The van der Waals surface area contributed by atoms with Crippen molar-refractivity contribution in [1.29, 1.82) is 0 Å². The second-order valence-electron chi connectivity index (χ2n) is 5.13. The Hall–Kier alpha value is -0.370. The molecule has 2 nitrogen and oxygen atoms in total. The first-order valence-corrected chi connectivity index (χ1v) is 6.24. The summed E-state index contributed by atoms with van der Waals surface area (Å²) in [6.07, 6.45) is 4.40. The topological polar surface area (TPSA) is 26.3 Å². The van der Waals surface area contributed by atoms with Gasteiger partial charge in [-0.2, -0.15) is 0 Å². The van der Waals surface area contributed by atoms with Crippen molar-refractivity contribution in [3.05, 3.63) is 0 Å². The number of rotatable bonds is 5. The molecule has 2 heteroatoms. The molecule has 0 heterocycles. The molecule has 2 atom stereocenters. The maximum Gasteiger partial charge on any atom is 0.161 e. The van der Waals surface area contributed by atoms with E-state index in [9.17, 15) is 4.79 Å². The highest BCUT2D eigenvalue weighted by molar-refractivity contribution is 5.82. The van der Waals surface area contributed by atoms with Crippen LogP contribution in [0.15, 0.2) is 0 Å². The Bertz CT molecular complexity index is 191. The van der Waals surface area contributed by atoms with E-state index in [2.05, 4.69) is 20.8 Å². The largest absolute Gasteiger partial charge is 0.374 e.